The number of nitrogens with zero attached hydrogens (tertiary/aromatic N) is 1. The van der Waals surface area contributed by atoms with Gasteiger partial charge in [-0.2, -0.15) is 13.2 Å². The minimum absolute atomic E-state index is 0.0152. The number of pyridine rings is 1. The Morgan fingerprint density at radius 2 is 1.76 bits per heavy atom. The quantitative estimate of drug-likeness (QED) is 0.201. The molecule has 2 aromatic carbocycles. The summed E-state index contributed by atoms with van der Waals surface area (Å²) in [6.07, 6.45) is -2.75. The maximum Gasteiger partial charge on any atom is 0.416 e. The smallest absolute Gasteiger partial charge is 0.416 e. The van der Waals surface area contributed by atoms with Crippen LogP contribution in [0.4, 0.5) is 28.9 Å². The molecule has 1 unspecified atom stereocenters. The van der Waals surface area contributed by atoms with E-state index in [0.29, 0.717) is 22.8 Å². The molecule has 0 radical (unpaired) electrons. The second-order valence-corrected chi connectivity index (χ2v) is 7.22. The van der Waals surface area contributed by atoms with Gasteiger partial charge in [-0.1, -0.05) is 0 Å². The van der Waals surface area contributed by atoms with Gasteiger partial charge in [0.25, 0.3) is 0 Å². The number of hydrogen-bond acceptors (Lipinski definition) is 5. The fraction of sp³-hybridized carbons (Fsp3) is 0.174. The van der Waals surface area contributed by atoms with Crippen molar-refractivity contribution in [2.45, 2.75) is 18.9 Å². The fourth-order valence-electron chi connectivity index (χ4n) is 3.31. The Morgan fingerprint density at radius 1 is 1.00 bits per heavy atom. The number of fused-ring (bicyclic) bond motifs is 1. The number of aliphatic hydroxyl groups excluding tert-OH is 1. The highest BCUT2D eigenvalue weighted by molar-refractivity contribution is 5.82. The van der Waals surface area contributed by atoms with Gasteiger partial charge >= 0.3 is 6.18 Å². The van der Waals surface area contributed by atoms with E-state index in [1.807, 2.05) is 6.07 Å². The number of hydrogen-bond donors (Lipinski definition) is 4. The summed E-state index contributed by atoms with van der Waals surface area (Å²) in [6.45, 7) is -0.787. The van der Waals surface area contributed by atoms with Gasteiger partial charge < -0.3 is 25.5 Å². The number of aromatic nitrogens is 2. The number of nitrogens with one attached hydrogen (secondary N) is 3. The number of aliphatic hydroxyl groups is 1. The van der Waals surface area contributed by atoms with Crippen LogP contribution in [0.1, 0.15) is 11.1 Å². The molecule has 0 aliphatic heterocycles. The van der Waals surface area contributed by atoms with Crippen molar-refractivity contribution in [2.75, 3.05) is 17.3 Å². The van der Waals surface area contributed by atoms with Crippen molar-refractivity contribution < 1.29 is 27.4 Å². The van der Waals surface area contributed by atoms with E-state index in [0.717, 1.165) is 17.5 Å². The van der Waals surface area contributed by atoms with Crippen LogP contribution >= 0.6 is 0 Å². The lowest BCUT2D eigenvalue weighted by atomic mass is 10.1. The molecule has 6 nitrogen and oxygen atoms in total. The van der Waals surface area contributed by atoms with Gasteiger partial charge in [0.05, 0.1) is 17.6 Å². The number of anilines is 2. The van der Waals surface area contributed by atoms with E-state index in [4.69, 9.17) is 4.74 Å². The van der Waals surface area contributed by atoms with E-state index < -0.39 is 24.8 Å². The van der Waals surface area contributed by atoms with Gasteiger partial charge in [0.15, 0.2) is 0 Å². The van der Waals surface area contributed by atoms with Crippen LogP contribution in [0.2, 0.25) is 0 Å². The summed E-state index contributed by atoms with van der Waals surface area (Å²) in [5.74, 6) is 1.17. The third kappa shape index (κ3) is 5.53. The normalized spacial score (nSPS) is 12.5. The van der Waals surface area contributed by atoms with Crippen LogP contribution in [0.5, 0.6) is 11.5 Å². The van der Waals surface area contributed by atoms with Crippen LogP contribution in [0.3, 0.4) is 0 Å². The number of H-pyrrole nitrogens is 1. The molecule has 0 aliphatic rings. The summed E-state index contributed by atoms with van der Waals surface area (Å²) < 4.78 is 57.9. The third-order valence-electron chi connectivity index (χ3n) is 4.81. The van der Waals surface area contributed by atoms with Crippen molar-refractivity contribution >= 4 is 22.4 Å². The Bertz CT molecular complexity index is 1230. The lowest BCUT2D eigenvalue weighted by Gasteiger charge is -2.19. The van der Waals surface area contributed by atoms with Crippen molar-refractivity contribution in [1.29, 1.82) is 0 Å². The summed E-state index contributed by atoms with van der Waals surface area (Å²) in [5.41, 5.74) is 0.471. The maximum atomic E-state index is 13.1. The highest BCUT2D eigenvalue weighted by Crippen LogP contribution is 2.33. The molecular weight excluding hydrogens is 440 g/mol. The number of benzene rings is 2. The molecule has 33 heavy (non-hydrogen) atoms. The summed E-state index contributed by atoms with van der Waals surface area (Å²) >= 11 is 0. The zero-order valence-electron chi connectivity index (χ0n) is 17.2. The average molecular weight is 460 g/mol. The number of aromatic amines is 1. The number of aryl methyl sites for hydroxylation is 1. The van der Waals surface area contributed by atoms with Gasteiger partial charge in [0.1, 0.15) is 17.1 Å². The van der Waals surface area contributed by atoms with Crippen LogP contribution in [0.15, 0.2) is 67.0 Å². The fourth-order valence-corrected chi connectivity index (χ4v) is 3.31. The largest absolute Gasteiger partial charge is 0.457 e. The molecule has 0 spiro atoms. The van der Waals surface area contributed by atoms with E-state index >= 15 is 0 Å². The van der Waals surface area contributed by atoms with Crippen LogP contribution in [-0.2, 0) is 12.6 Å². The molecular formula is C23H20F4N4O2. The molecule has 0 saturated heterocycles. The minimum Gasteiger partial charge on any atom is -0.457 e. The maximum absolute atomic E-state index is 13.1. The summed E-state index contributed by atoms with van der Waals surface area (Å²) in [4.78, 5) is 7.20. The second kappa shape index (κ2) is 9.37. The summed E-state index contributed by atoms with van der Waals surface area (Å²) in [6, 6.07) is 13.4. The SMILES string of the molecule is OC(Nc1ccc(Oc2ccnc3[nH]ccc23)cc1)Nc1cc(CCF)cc(C(F)(F)F)c1. The molecule has 172 valence electrons. The van der Waals surface area contributed by atoms with Crippen molar-refractivity contribution in [3.8, 4) is 11.5 Å². The second-order valence-electron chi connectivity index (χ2n) is 7.22. The van der Waals surface area contributed by atoms with Crippen molar-refractivity contribution in [3.05, 3.63) is 78.1 Å². The number of ether oxygens (including phenoxy) is 1. The minimum atomic E-state index is -4.59. The van der Waals surface area contributed by atoms with E-state index in [9.17, 15) is 22.7 Å². The zero-order chi connectivity index (χ0) is 23.4. The van der Waals surface area contributed by atoms with Crippen LogP contribution < -0.4 is 15.4 Å². The van der Waals surface area contributed by atoms with Crippen LogP contribution in [0.25, 0.3) is 11.0 Å². The Kier molecular flexibility index (Phi) is 6.36. The lowest BCUT2D eigenvalue weighted by molar-refractivity contribution is -0.137. The highest BCUT2D eigenvalue weighted by Gasteiger charge is 2.31. The van der Waals surface area contributed by atoms with Crippen molar-refractivity contribution in [1.82, 2.24) is 9.97 Å². The molecule has 1 atom stereocenters. The first kappa shape index (κ1) is 22.4. The molecule has 4 rings (SSSR count). The van der Waals surface area contributed by atoms with Gasteiger partial charge in [-0.3, -0.25) is 4.39 Å². The van der Waals surface area contributed by atoms with Crippen molar-refractivity contribution in [3.63, 3.8) is 0 Å². The zero-order valence-corrected chi connectivity index (χ0v) is 17.2. The molecule has 0 saturated carbocycles. The number of alkyl halides is 4. The number of rotatable bonds is 8. The molecule has 0 aliphatic carbocycles. The first-order chi connectivity index (χ1) is 15.8. The Morgan fingerprint density at radius 3 is 2.48 bits per heavy atom. The number of halogens is 4. The Labute approximate surface area is 186 Å². The summed E-state index contributed by atoms with van der Waals surface area (Å²) in [7, 11) is 0. The first-order valence-corrected chi connectivity index (χ1v) is 10.00. The highest BCUT2D eigenvalue weighted by atomic mass is 19.4. The molecule has 10 heteroatoms. The first-order valence-electron chi connectivity index (χ1n) is 10.00. The van der Waals surface area contributed by atoms with E-state index in [-0.39, 0.29) is 17.7 Å². The molecule has 4 N–H and O–H groups in total. The van der Waals surface area contributed by atoms with E-state index in [1.165, 1.54) is 6.07 Å². The predicted octanol–water partition coefficient (Wildman–Crippen LogP) is 5.69. The molecule has 0 amide bonds. The van der Waals surface area contributed by atoms with Gasteiger partial charge in [-0.05, 0) is 60.2 Å². The van der Waals surface area contributed by atoms with Crippen LogP contribution in [0, 0.1) is 0 Å². The molecule has 2 aromatic heterocycles. The Hall–Kier alpha value is -3.79. The average Bonchev–Trinajstić information content (AvgIpc) is 3.24. The molecule has 4 aromatic rings. The topological polar surface area (TPSA) is 82.2 Å². The van der Waals surface area contributed by atoms with Gasteiger partial charge in [-0.15, -0.1) is 0 Å². The van der Waals surface area contributed by atoms with Crippen LogP contribution in [-0.4, -0.2) is 28.1 Å². The van der Waals surface area contributed by atoms with Gasteiger partial charge in [0, 0.05) is 30.2 Å². The predicted molar refractivity (Wildman–Crippen MR) is 117 cm³/mol. The van der Waals surface area contributed by atoms with Gasteiger partial charge in [-0.25, -0.2) is 4.98 Å². The lowest BCUT2D eigenvalue weighted by Crippen LogP contribution is -2.28. The molecule has 0 fully saturated rings. The van der Waals surface area contributed by atoms with Crippen molar-refractivity contribution in [2.24, 2.45) is 0 Å². The van der Waals surface area contributed by atoms with E-state index in [1.54, 1.807) is 42.7 Å². The van der Waals surface area contributed by atoms with Gasteiger partial charge in [0.2, 0.25) is 6.35 Å². The van der Waals surface area contributed by atoms with E-state index in [2.05, 4.69) is 20.6 Å². The standard InChI is InChI=1S/C23H20F4N4O2/c24-8-5-14-11-15(23(25,26)27)13-17(12-14)31-22(32)30-16-1-3-18(4-2-16)33-20-7-10-29-21-19(20)6-9-28-21/h1-4,6-7,9-13,22,30-32H,5,8H2,(H,28,29). The summed E-state index contributed by atoms with van der Waals surface area (Å²) in [5, 5.41) is 16.4. The Balaban J connectivity index is 1.42. The molecule has 0 bridgehead atoms. The monoisotopic (exact) mass is 460 g/mol. The molecule has 2 heterocycles. The third-order valence-corrected chi connectivity index (χ3v) is 4.81.